The topological polar surface area (TPSA) is 26.3 Å². The van der Waals surface area contributed by atoms with Gasteiger partial charge in [-0.15, -0.1) is 0 Å². The number of carbonyl (C=O) groups is 1. The van der Waals surface area contributed by atoms with Gasteiger partial charge in [-0.1, -0.05) is 43.5 Å². The van der Waals surface area contributed by atoms with Crippen LogP contribution in [-0.2, 0) is 10.1 Å². The number of ether oxygens (including phenoxy) is 1. The highest BCUT2D eigenvalue weighted by Gasteiger charge is 2.14. The van der Waals surface area contributed by atoms with E-state index < -0.39 is 5.97 Å². The van der Waals surface area contributed by atoms with Crippen molar-refractivity contribution < 1.29 is 9.53 Å². The van der Waals surface area contributed by atoms with Crippen LogP contribution in [0.3, 0.4) is 0 Å². The molecule has 0 saturated heterocycles. The molecule has 0 aromatic heterocycles. The van der Waals surface area contributed by atoms with E-state index in [1.54, 1.807) is 6.07 Å². The number of alkyl halides is 1. The van der Waals surface area contributed by atoms with Crippen molar-refractivity contribution in [1.82, 2.24) is 0 Å². The summed E-state index contributed by atoms with van der Waals surface area (Å²) < 4.78 is 5.41. The van der Waals surface area contributed by atoms with Crippen molar-refractivity contribution in [1.29, 1.82) is 0 Å². The zero-order valence-corrected chi connectivity index (χ0v) is 11.2. The van der Waals surface area contributed by atoms with Gasteiger partial charge in [0.05, 0.1) is 17.7 Å². The van der Waals surface area contributed by atoms with Gasteiger partial charge in [0.15, 0.2) is 0 Å². The molecule has 1 aromatic carbocycles. The van der Waals surface area contributed by atoms with Gasteiger partial charge in [-0.25, -0.2) is 4.79 Å². The first-order valence-electron chi connectivity index (χ1n) is 3.72. The van der Waals surface area contributed by atoms with E-state index in [4.69, 9.17) is 11.6 Å². The fourth-order valence-corrected chi connectivity index (χ4v) is 2.36. The average molecular weight is 342 g/mol. The molecule has 0 heterocycles. The molecule has 0 unspecified atom stereocenters. The summed E-state index contributed by atoms with van der Waals surface area (Å²) in [6, 6.07) is 3.49. The normalized spacial score (nSPS) is 10.0. The summed E-state index contributed by atoms with van der Waals surface area (Å²) in [4.78, 5) is 11.3. The highest BCUT2D eigenvalue weighted by molar-refractivity contribution is 9.10. The average Bonchev–Trinajstić information content (AvgIpc) is 2.19. The maximum absolute atomic E-state index is 11.3. The van der Waals surface area contributed by atoms with Crippen molar-refractivity contribution in [3.63, 3.8) is 0 Å². The third kappa shape index (κ3) is 2.49. The minimum Gasteiger partial charge on any atom is -0.465 e. The Kier molecular flexibility index (Phi) is 4.41. The predicted octanol–water partition coefficient (Wildman–Crippen LogP) is 3.78. The number of benzene rings is 1. The molecule has 0 saturated carbocycles. The van der Waals surface area contributed by atoms with E-state index >= 15 is 0 Å². The van der Waals surface area contributed by atoms with Crippen LogP contribution >= 0.6 is 43.5 Å². The molecule has 0 atom stereocenters. The van der Waals surface area contributed by atoms with Crippen molar-refractivity contribution >= 4 is 49.4 Å². The third-order valence-electron chi connectivity index (χ3n) is 1.66. The van der Waals surface area contributed by atoms with E-state index in [0.29, 0.717) is 15.9 Å². The molecule has 0 aliphatic rings. The molecule has 0 radical (unpaired) electrons. The second-order valence-electron chi connectivity index (χ2n) is 2.55. The van der Waals surface area contributed by atoms with E-state index in [9.17, 15) is 4.79 Å². The first kappa shape index (κ1) is 12.0. The summed E-state index contributed by atoms with van der Waals surface area (Å²) in [5.74, 6) is -0.432. The second-order valence-corrected chi connectivity index (χ2v) is 4.41. The van der Waals surface area contributed by atoms with Crippen LogP contribution in [0.2, 0.25) is 5.02 Å². The number of hydrogen-bond donors (Lipinski definition) is 0. The van der Waals surface area contributed by atoms with Gasteiger partial charge in [0.1, 0.15) is 0 Å². The minimum absolute atomic E-state index is 0.373. The fraction of sp³-hybridized carbons (Fsp3) is 0.222. The molecule has 1 rings (SSSR count). The lowest BCUT2D eigenvalue weighted by Crippen LogP contribution is -2.03. The van der Waals surface area contributed by atoms with Crippen LogP contribution in [0.15, 0.2) is 16.6 Å². The molecular formula is C9H7Br2ClO2. The monoisotopic (exact) mass is 340 g/mol. The van der Waals surface area contributed by atoms with Gasteiger partial charge in [-0.2, -0.15) is 0 Å². The van der Waals surface area contributed by atoms with Crippen LogP contribution in [0.1, 0.15) is 15.9 Å². The van der Waals surface area contributed by atoms with Crippen LogP contribution in [0.4, 0.5) is 0 Å². The minimum atomic E-state index is -0.432. The molecule has 2 nitrogen and oxygen atoms in total. The van der Waals surface area contributed by atoms with Crippen molar-refractivity contribution in [2.45, 2.75) is 5.33 Å². The first-order chi connectivity index (χ1) is 6.60. The zero-order chi connectivity index (χ0) is 10.7. The summed E-state index contributed by atoms with van der Waals surface area (Å²) in [5, 5.41) is 1.02. The summed E-state index contributed by atoms with van der Waals surface area (Å²) in [5.41, 5.74) is 1.22. The van der Waals surface area contributed by atoms with Gasteiger partial charge < -0.3 is 4.74 Å². The van der Waals surface area contributed by atoms with Crippen LogP contribution in [-0.4, -0.2) is 13.1 Å². The molecule has 0 aliphatic carbocycles. The number of esters is 1. The number of hydrogen-bond acceptors (Lipinski definition) is 2. The number of halogens is 3. The maximum atomic E-state index is 11.3. The zero-order valence-electron chi connectivity index (χ0n) is 7.31. The highest BCUT2D eigenvalue weighted by atomic mass is 79.9. The van der Waals surface area contributed by atoms with Gasteiger partial charge >= 0.3 is 5.97 Å². The molecule has 1 aromatic rings. The Labute approximate surface area is 104 Å². The van der Waals surface area contributed by atoms with Crippen LogP contribution in [0.25, 0.3) is 0 Å². The quantitative estimate of drug-likeness (QED) is 0.604. The lowest BCUT2D eigenvalue weighted by molar-refractivity contribution is 0.0601. The number of carbonyl (C=O) groups excluding carboxylic acids is 1. The smallest absolute Gasteiger partial charge is 0.339 e. The molecule has 0 aliphatic heterocycles. The fourth-order valence-electron chi connectivity index (χ4n) is 1.00. The largest absolute Gasteiger partial charge is 0.465 e. The van der Waals surface area contributed by atoms with E-state index in [1.165, 1.54) is 7.11 Å². The summed E-state index contributed by atoms with van der Waals surface area (Å²) in [7, 11) is 1.33. The Bertz CT molecular complexity index is 366. The Morgan fingerprint density at radius 1 is 1.57 bits per heavy atom. The molecule has 0 N–H and O–H groups in total. The summed E-state index contributed by atoms with van der Waals surface area (Å²) in [6.45, 7) is 0. The Morgan fingerprint density at radius 2 is 2.21 bits per heavy atom. The Morgan fingerprint density at radius 3 is 2.71 bits per heavy atom. The maximum Gasteiger partial charge on any atom is 0.339 e. The van der Waals surface area contributed by atoms with Gasteiger partial charge in [0.2, 0.25) is 0 Å². The van der Waals surface area contributed by atoms with Gasteiger partial charge in [-0.3, -0.25) is 0 Å². The van der Waals surface area contributed by atoms with Crippen molar-refractivity contribution in [2.24, 2.45) is 0 Å². The van der Waals surface area contributed by atoms with Crippen LogP contribution < -0.4 is 0 Å². The lowest BCUT2D eigenvalue weighted by atomic mass is 10.1. The van der Waals surface area contributed by atoms with E-state index in [-0.39, 0.29) is 0 Å². The van der Waals surface area contributed by atoms with Crippen LogP contribution in [0, 0.1) is 0 Å². The van der Waals surface area contributed by atoms with Crippen molar-refractivity contribution in [3.05, 3.63) is 32.8 Å². The Balaban J connectivity index is 3.29. The van der Waals surface area contributed by atoms with E-state index in [2.05, 4.69) is 36.6 Å². The second kappa shape index (κ2) is 5.14. The number of rotatable bonds is 2. The van der Waals surface area contributed by atoms with Crippen LogP contribution in [0.5, 0.6) is 0 Å². The Hall–Kier alpha value is -0.0600. The predicted molar refractivity (Wildman–Crippen MR) is 63.1 cm³/mol. The van der Waals surface area contributed by atoms with Gasteiger partial charge in [-0.05, 0) is 17.7 Å². The van der Waals surface area contributed by atoms with E-state index in [1.807, 2.05) is 6.07 Å². The summed E-state index contributed by atoms with van der Waals surface area (Å²) >= 11 is 12.6. The van der Waals surface area contributed by atoms with E-state index in [0.717, 1.165) is 10.0 Å². The molecule has 0 fully saturated rings. The molecule has 5 heteroatoms. The molecule has 0 bridgehead atoms. The highest BCUT2D eigenvalue weighted by Crippen LogP contribution is 2.28. The lowest BCUT2D eigenvalue weighted by Gasteiger charge is -2.07. The molecule has 14 heavy (non-hydrogen) atoms. The van der Waals surface area contributed by atoms with Gasteiger partial charge in [0, 0.05) is 9.80 Å². The SMILES string of the molecule is COC(=O)c1cc(Br)cc(CBr)c1Cl. The van der Waals surface area contributed by atoms with Crippen molar-refractivity contribution in [2.75, 3.05) is 7.11 Å². The van der Waals surface area contributed by atoms with Gasteiger partial charge in [0.25, 0.3) is 0 Å². The molecule has 0 spiro atoms. The van der Waals surface area contributed by atoms with Crippen molar-refractivity contribution in [3.8, 4) is 0 Å². The molecule has 76 valence electrons. The summed E-state index contributed by atoms with van der Waals surface area (Å²) in [6.07, 6.45) is 0. The first-order valence-corrected chi connectivity index (χ1v) is 6.01. The third-order valence-corrected chi connectivity index (χ3v) is 3.17. The molecule has 0 amide bonds. The number of methoxy groups -OCH3 is 1. The molecular weight excluding hydrogens is 335 g/mol. The standard InChI is InChI=1S/C9H7Br2ClO2/c1-14-9(13)7-3-6(11)2-5(4-10)8(7)12/h2-3H,4H2,1H3.